The van der Waals surface area contributed by atoms with E-state index in [0.29, 0.717) is 16.3 Å². The van der Waals surface area contributed by atoms with E-state index >= 15 is 0 Å². The van der Waals surface area contributed by atoms with Crippen LogP contribution in [0.1, 0.15) is 38.1 Å². The summed E-state index contributed by atoms with van der Waals surface area (Å²) in [4.78, 5) is 23.5. The normalized spacial score (nSPS) is 12.7. The maximum atomic E-state index is 12.5. The zero-order valence-electron chi connectivity index (χ0n) is 14.0. The molecule has 1 heterocycles. The fourth-order valence-corrected chi connectivity index (χ4v) is 2.30. The van der Waals surface area contributed by atoms with Crippen LogP contribution in [0.3, 0.4) is 0 Å². The van der Waals surface area contributed by atoms with E-state index in [9.17, 15) is 9.59 Å². The van der Waals surface area contributed by atoms with Crippen LogP contribution in [0.5, 0.6) is 0 Å². The van der Waals surface area contributed by atoms with Crippen LogP contribution >= 0.6 is 11.6 Å². The van der Waals surface area contributed by atoms with Gasteiger partial charge in [0.15, 0.2) is 0 Å². The lowest BCUT2D eigenvalue weighted by Gasteiger charge is -2.18. The van der Waals surface area contributed by atoms with Gasteiger partial charge in [0.1, 0.15) is 11.7 Å². The van der Waals surface area contributed by atoms with Gasteiger partial charge in [0.25, 0.3) is 5.91 Å². The van der Waals surface area contributed by atoms with Crippen LogP contribution < -0.4 is 5.32 Å². The van der Waals surface area contributed by atoms with Gasteiger partial charge >= 0.3 is 5.97 Å². The van der Waals surface area contributed by atoms with Gasteiger partial charge in [-0.3, -0.25) is 14.3 Å². The van der Waals surface area contributed by atoms with Gasteiger partial charge in [-0.2, -0.15) is 5.10 Å². The minimum atomic E-state index is -1.11. The van der Waals surface area contributed by atoms with E-state index in [0.717, 1.165) is 0 Å². The number of aromatic nitrogens is 2. The molecule has 0 aliphatic carbocycles. The molecule has 2 aromatic rings. The van der Waals surface area contributed by atoms with Crippen molar-refractivity contribution in [1.29, 1.82) is 0 Å². The zero-order chi connectivity index (χ0) is 18.1. The minimum Gasteiger partial charge on any atom is -0.480 e. The van der Waals surface area contributed by atoms with Gasteiger partial charge in [-0.05, 0) is 33.8 Å². The Hall–Kier alpha value is -2.34. The Kier molecular flexibility index (Phi) is 4.99. The van der Waals surface area contributed by atoms with Crippen molar-refractivity contribution in [3.63, 3.8) is 0 Å². The van der Waals surface area contributed by atoms with Crippen molar-refractivity contribution in [1.82, 2.24) is 15.1 Å². The van der Waals surface area contributed by atoms with Crippen molar-refractivity contribution in [3.05, 3.63) is 41.0 Å². The molecule has 0 saturated carbocycles. The van der Waals surface area contributed by atoms with Crippen molar-refractivity contribution >= 4 is 23.5 Å². The summed E-state index contributed by atoms with van der Waals surface area (Å²) in [6, 6.07) is 6.08. The van der Waals surface area contributed by atoms with E-state index in [4.69, 9.17) is 16.7 Å². The van der Waals surface area contributed by atoms with Crippen LogP contribution in [0.25, 0.3) is 11.3 Å². The quantitative estimate of drug-likeness (QED) is 0.888. The van der Waals surface area contributed by atoms with E-state index in [1.807, 2.05) is 20.8 Å². The first-order valence-corrected chi connectivity index (χ1v) is 7.87. The zero-order valence-corrected chi connectivity index (χ0v) is 14.8. The number of aliphatic carboxylic acids is 1. The summed E-state index contributed by atoms with van der Waals surface area (Å²) in [5.74, 6) is -1.61. The summed E-state index contributed by atoms with van der Waals surface area (Å²) in [7, 11) is 0. The Labute approximate surface area is 145 Å². The highest BCUT2D eigenvalue weighted by molar-refractivity contribution is 6.33. The maximum Gasteiger partial charge on any atom is 0.325 e. The van der Waals surface area contributed by atoms with Gasteiger partial charge in [0, 0.05) is 11.8 Å². The van der Waals surface area contributed by atoms with Crippen LogP contribution in [-0.2, 0) is 10.3 Å². The number of benzene rings is 1. The lowest BCUT2D eigenvalue weighted by atomic mass is 10.1. The molecule has 24 heavy (non-hydrogen) atoms. The molecule has 1 aromatic heterocycles. The maximum absolute atomic E-state index is 12.5. The third kappa shape index (κ3) is 3.76. The predicted molar refractivity (Wildman–Crippen MR) is 92.2 cm³/mol. The molecule has 2 N–H and O–H groups in total. The molecule has 1 aromatic carbocycles. The summed E-state index contributed by atoms with van der Waals surface area (Å²) in [5.41, 5.74) is 0.986. The van der Waals surface area contributed by atoms with E-state index in [1.54, 1.807) is 35.1 Å². The molecule has 2 rings (SSSR count). The van der Waals surface area contributed by atoms with Gasteiger partial charge in [-0.15, -0.1) is 0 Å². The number of hydrogen-bond acceptors (Lipinski definition) is 3. The average molecular weight is 350 g/mol. The van der Waals surface area contributed by atoms with E-state index < -0.39 is 17.9 Å². The molecule has 1 atom stereocenters. The molecule has 0 fully saturated rings. The Morgan fingerprint density at radius 2 is 1.92 bits per heavy atom. The van der Waals surface area contributed by atoms with E-state index in [-0.39, 0.29) is 11.1 Å². The van der Waals surface area contributed by atoms with Crippen LogP contribution in [0.15, 0.2) is 30.5 Å². The molecule has 0 spiro atoms. The SMILES string of the molecule is C[C@@H](NC(=O)c1cn(C(C)(C)C)nc1-c1ccccc1Cl)C(=O)O. The summed E-state index contributed by atoms with van der Waals surface area (Å²) in [6.45, 7) is 7.28. The number of carbonyl (C=O) groups is 2. The van der Waals surface area contributed by atoms with Gasteiger partial charge in [-0.1, -0.05) is 29.8 Å². The summed E-state index contributed by atoms with van der Waals surface area (Å²) in [5, 5.41) is 16.4. The molecule has 0 unspecified atom stereocenters. The number of hydrogen-bond donors (Lipinski definition) is 2. The summed E-state index contributed by atoms with van der Waals surface area (Å²) < 4.78 is 1.67. The summed E-state index contributed by atoms with van der Waals surface area (Å²) in [6.07, 6.45) is 1.61. The number of amides is 1. The van der Waals surface area contributed by atoms with Gasteiger partial charge in [-0.25, -0.2) is 0 Å². The first kappa shape index (κ1) is 18.0. The molecule has 128 valence electrons. The first-order chi connectivity index (χ1) is 11.1. The van der Waals surface area contributed by atoms with Crippen molar-refractivity contribution < 1.29 is 14.7 Å². The van der Waals surface area contributed by atoms with Crippen LogP contribution in [-0.4, -0.2) is 32.8 Å². The predicted octanol–water partition coefficient (Wildman–Crippen LogP) is 3.16. The number of nitrogens with zero attached hydrogens (tertiary/aromatic N) is 2. The Morgan fingerprint density at radius 1 is 1.29 bits per heavy atom. The Morgan fingerprint density at radius 3 is 2.46 bits per heavy atom. The molecule has 1 amide bonds. The molecule has 7 heteroatoms. The second kappa shape index (κ2) is 6.65. The minimum absolute atomic E-state index is 0.283. The molecule has 0 aliphatic heterocycles. The monoisotopic (exact) mass is 349 g/mol. The Balaban J connectivity index is 2.53. The average Bonchev–Trinajstić information content (AvgIpc) is 2.92. The first-order valence-electron chi connectivity index (χ1n) is 7.50. The van der Waals surface area contributed by atoms with Gasteiger partial charge in [0.05, 0.1) is 16.1 Å². The third-order valence-corrected chi connectivity index (χ3v) is 3.82. The van der Waals surface area contributed by atoms with Crippen molar-refractivity contribution in [2.24, 2.45) is 0 Å². The number of nitrogens with one attached hydrogen (secondary N) is 1. The molecule has 0 bridgehead atoms. The van der Waals surface area contributed by atoms with E-state index in [2.05, 4.69) is 10.4 Å². The van der Waals surface area contributed by atoms with Crippen molar-refractivity contribution in [3.8, 4) is 11.3 Å². The number of carbonyl (C=O) groups excluding carboxylic acids is 1. The highest BCUT2D eigenvalue weighted by Crippen LogP contribution is 2.30. The molecule has 0 radical (unpaired) electrons. The van der Waals surface area contributed by atoms with Crippen LogP contribution in [0.2, 0.25) is 5.02 Å². The fraction of sp³-hybridized carbons (Fsp3) is 0.353. The van der Waals surface area contributed by atoms with Crippen molar-refractivity contribution in [2.75, 3.05) is 0 Å². The van der Waals surface area contributed by atoms with Crippen molar-refractivity contribution in [2.45, 2.75) is 39.3 Å². The highest BCUT2D eigenvalue weighted by Gasteiger charge is 2.25. The highest BCUT2D eigenvalue weighted by atomic mass is 35.5. The van der Waals surface area contributed by atoms with Gasteiger partial charge in [0.2, 0.25) is 0 Å². The second-order valence-corrected chi connectivity index (χ2v) is 6.93. The molecular formula is C17H20ClN3O3. The topological polar surface area (TPSA) is 84.2 Å². The molecule has 0 aliphatic rings. The molecule has 0 saturated heterocycles. The second-order valence-electron chi connectivity index (χ2n) is 6.52. The molecule has 6 nitrogen and oxygen atoms in total. The third-order valence-electron chi connectivity index (χ3n) is 3.49. The van der Waals surface area contributed by atoms with Crippen LogP contribution in [0, 0.1) is 0 Å². The largest absolute Gasteiger partial charge is 0.480 e. The standard InChI is InChI=1S/C17H20ClN3O3/c1-10(16(23)24)19-15(22)12-9-21(17(2,3)4)20-14(12)11-7-5-6-8-13(11)18/h5-10H,1-4H3,(H,19,22)(H,23,24)/t10-/m1/s1. The number of rotatable bonds is 4. The lowest BCUT2D eigenvalue weighted by Crippen LogP contribution is -2.38. The number of carboxylic acids is 1. The van der Waals surface area contributed by atoms with Gasteiger partial charge < -0.3 is 10.4 Å². The van der Waals surface area contributed by atoms with E-state index in [1.165, 1.54) is 6.92 Å². The number of halogens is 1. The fourth-order valence-electron chi connectivity index (χ4n) is 2.07. The Bertz CT molecular complexity index is 778. The smallest absolute Gasteiger partial charge is 0.325 e. The lowest BCUT2D eigenvalue weighted by molar-refractivity contribution is -0.138. The number of carboxylic acid groups (broad SMARTS) is 1. The summed E-state index contributed by atoms with van der Waals surface area (Å²) >= 11 is 6.24. The van der Waals surface area contributed by atoms with Crippen LogP contribution in [0.4, 0.5) is 0 Å². The molecular weight excluding hydrogens is 330 g/mol.